The summed E-state index contributed by atoms with van der Waals surface area (Å²) in [5.41, 5.74) is 0.790. The van der Waals surface area contributed by atoms with Crippen LogP contribution >= 0.6 is 11.8 Å². The van der Waals surface area contributed by atoms with Crippen LogP contribution in [0.5, 0.6) is 5.75 Å². The van der Waals surface area contributed by atoms with Crippen molar-refractivity contribution in [1.82, 2.24) is 9.80 Å². The van der Waals surface area contributed by atoms with Crippen molar-refractivity contribution < 1.29 is 9.53 Å². The van der Waals surface area contributed by atoms with Crippen LogP contribution in [0.1, 0.15) is 25.7 Å². The molecule has 2 heterocycles. The van der Waals surface area contributed by atoms with E-state index in [1.54, 1.807) is 7.11 Å². The molecule has 0 radical (unpaired) electrons. The zero-order valence-electron chi connectivity index (χ0n) is 15.1. The molecule has 6 heteroatoms. The summed E-state index contributed by atoms with van der Waals surface area (Å²) < 4.78 is 5.25. The van der Waals surface area contributed by atoms with Crippen LogP contribution in [0.3, 0.4) is 0 Å². The highest BCUT2D eigenvalue weighted by atomic mass is 32.2. The van der Waals surface area contributed by atoms with Crippen LogP contribution in [0.2, 0.25) is 0 Å². The zero-order chi connectivity index (χ0) is 17.5. The molecule has 2 aliphatic rings. The Labute approximate surface area is 155 Å². The second-order valence-electron chi connectivity index (χ2n) is 6.80. The van der Waals surface area contributed by atoms with Crippen LogP contribution in [-0.2, 0) is 0 Å². The number of carbonyl (C=O) groups is 1. The Morgan fingerprint density at radius 1 is 1.24 bits per heavy atom. The van der Waals surface area contributed by atoms with Gasteiger partial charge in [-0.2, -0.15) is 11.8 Å². The van der Waals surface area contributed by atoms with E-state index in [1.165, 1.54) is 32.4 Å². The van der Waals surface area contributed by atoms with E-state index in [1.807, 2.05) is 40.9 Å². The Balaban J connectivity index is 1.65. The minimum absolute atomic E-state index is 0.0118. The molecule has 1 atom stereocenters. The number of benzene rings is 1. The van der Waals surface area contributed by atoms with E-state index < -0.39 is 0 Å². The van der Waals surface area contributed by atoms with Crippen LogP contribution in [0, 0.1) is 0 Å². The molecule has 0 aliphatic carbocycles. The fraction of sp³-hybridized carbons (Fsp3) is 0.632. The van der Waals surface area contributed by atoms with E-state index in [4.69, 9.17) is 4.74 Å². The van der Waals surface area contributed by atoms with Crippen LogP contribution in [0.15, 0.2) is 24.3 Å². The summed E-state index contributed by atoms with van der Waals surface area (Å²) in [6, 6.07) is 7.86. The molecule has 2 amide bonds. The normalized spacial score (nSPS) is 22.3. The number of amides is 2. The molecule has 1 aromatic rings. The predicted molar refractivity (Wildman–Crippen MR) is 105 cm³/mol. The second-order valence-corrected chi connectivity index (χ2v) is 7.95. The largest absolute Gasteiger partial charge is 0.497 e. The molecule has 0 spiro atoms. The number of rotatable bonds is 4. The maximum atomic E-state index is 12.9. The molecule has 2 fully saturated rings. The van der Waals surface area contributed by atoms with Gasteiger partial charge in [-0.3, -0.25) is 0 Å². The first-order chi connectivity index (χ1) is 12.3. The number of likely N-dealkylation sites (tertiary alicyclic amines) is 1. The number of anilines is 1. The van der Waals surface area contributed by atoms with Gasteiger partial charge in [0, 0.05) is 30.6 Å². The molecule has 2 saturated heterocycles. The minimum Gasteiger partial charge on any atom is -0.497 e. The van der Waals surface area contributed by atoms with E-state index in [-0.39, 0.29) is 12.1 Å². The lowest BCUT2D eigenvalue weighted by molar-refractivity contribution is 0.151. The molecule has 1 aromatic carbocycles. The van der Waals surface area contributed by atoms with Gasteiger partial charge in [0.05, 0.1) is 13.2 Å². The number of piperidine rings is 1. The molecule has 0 aromatic heterocycles. The topological polar surface area (TPSA) is 44.8 Å². The van der Waals surface area contributed by atoms with E-state index in [9.17, 15) is 4.79 Å². The Morgan fingerprint density at radius 2 is 2.08 bits per heavy atom. The van der Waals surface area contributed by atoms with Crippen molar-refractivity contribution >= 4 is 23.5 Å². The van der Waals surface area contributed by atoms with Gasteiger partial charge in [0.15, 0.2) is 0 Å². The molecule has 5 nitrogen and oxygen atoms in total. The first-order valence-electron chi connectivity index (χ1n) is 9.28. The zero-order valence-corrected chi connectivity index (χ0v) is 15.9. The van der Waals surface area contributed by atoms with Gasteiger partial charge in [0.1, 0.15) is 5.75 Å². The van der Waals surface area contributed by atoms with Crippen molar-refractivity contribution in [2.75, 3.05) is 50.1 Å². The van der Waals surface area contributed by atoms with Gasteiger partial charge in [0.2, 0.25) is 0 Å². The lowest BCUT2D eigenvalue weighted by Crippen LogP contribution is -2.50. The summed E-state index contributed by atoms with van der Waals surface area (Å²) >= 11 is 1.98. The van der Waals surface area contributed by atoms with Gasteiger partial charge in [-0.1, -0.05) is 12.5 Å². The third-order valence-corrected chi connectivity index (χ3v) is 6.14. The summed E-state index contributed by atoms with van der Waals surface area (Å²) in [6.45, 7) is 4.18. The van der Waals surface area contributed by atoms with Gasteiger partial charge in [-0.05, 0) is 50.2 Å². The third-order valence-electron chi connectivity index (χ3n) is 4.94. The number of nitrogens with zero attached hydrogens (tertiary/aromatic N) is 2. The first-order valence-corrected chi connectivity index (χ1v) is 10.4. The van der Waals surface area contributed by atoms with Crippen LogP contribution < -0.4 is 10.1 Å². The maximum Gasteiger partial charge on any atom is 0.322 e. The highest BCUT2D eigenvalue weighted by Crippen LogP contribution is 2.22. The number of carbonyl (C=O) groups excluding carboxylic acids is 1. The second kappa shape index (κ2) is 9.34. The summed E-state index contributed by atoms with van der Waals surface area (Å²) in [7, 11) is 1.64. The van der Waals surface area contributed by atoms with Crippen molar-refractivity contribution in [3.05, 3.63) is 24.3 Å². The SMILES string of the molecule is COc1cccc(NC(=O)N2CCCSCC2CN2CCCCC2)c1. The van der Waals surface area contributed by atoms with Crippen molar-refractivity contribution in [3.63, 3.8) is 0 Å². The molecule has 2 aliphatic heterocycles. The average Bonchev–Trinajstić information content (AvgIpc) is 2.88. The van der Waals surface area contributed by atoms with E-state index in [0.29, 0.717) is 0 Å². The Morgan fingerprint density at radius 3 is 2.88 bits per heavy atom. The van der Waals surface area contributed by atoms with Gasteiger partial charge in [-0.15, -0.1) is 0 Å². The summed E-state index contributed by atoms with van der Waals surface area (Å²) in [4.78, 5) is 17.5. The number of methoxy groups -OCH3 is 1. The van der Waals surface area contributed by atoms with Crippen LogP contribution in [0.25, 0.3) is 0 Å². The Bertz CT molecular complexity index is 563. The quantitative estimate of drug-likeness (QED) is 0.889. The monoisotopic (exact) mass is 363 g/mol. The fourth-order valence-corrected chi connectivity index (χ4v) is 4.64. The molecule has 3 rings (SSSR count). The number of hydrogen-bond donors (Lipinski definition) is 1. The van der Waals surface area contributed by atoms with Crippen molar-refractivity contribution in [1.29, 1.82) is 0 Å². The predicted octanol–water partition coefficient (Wildman–Crippen LogP) is 3.52. The lowest BCUT2D eigenvalue weighted by Gasteiger charge is -2.35. The van der Waals surface area contributed by atoms with Gasteiger partial charge in [0.25, 0.3) is 0 Å². The molecule has 0 bridgehead atoms. The van der Waals surface area contributed by atoms with Gasteiger partial charge >= 0.3 is 6.03 Å². The summed E-state index contributed by atoms with van der Waals surface area (Å²) in [5, 5.41) is 3.06. The highest BCUT2D eigenvalue weighted by molar-refractivity contribution is 7.99. The lowest BCUT2D eigenvalue weighted by atomic mass is 10.1. The molecular weight excluding hydrogens is 334 g/mol. The number of urea groups is 1. The van der Waals surface area contributed by atoms with Crippen LogP contribution in [-0.4, -0.2) is 66.7 Å². The van der Waals surface area contributed by atoms with Gasteiger partial charge < -0.3 is 19.9 Å². The van der Waals surface area contributed by atoms with Gasteiger partial charge in [-0.25, -0.2) is 4.79 Å². The standard InChI is InChI=1S/C19H29N3O2S/c1-24-18-8-5-7-16(13-18)20-19(23)22-11-6-12-25-15-17(22)14-21-9-3-2-4-10-21/h5,7-8,13,17H,2-4,6,9-12,14-15H2,1H3,(H,20,23). The van der Waals surface area contributed by atoms with Crippen LogP contribution in [0.4, 0.5) is 10.5 Å². The van der Waals surface area contributed by atoms with E-state index >= 15 is 0 Å². The molecular formula is C19H29N3O2S. The van der Waals surface area contributed by atoms with E-state index in [2.05, 4.69) is 10.2 Å². The fourth-order valence-electron chi connectivity index (χ4n) is 3.58. The van der Waals surface area contributed by atoms with Crippen molar-refractivity contribution in [2.45, 2.75) is 31.7 Å². The van der Waals surface area contributed by atoms with Crippen molar-refractivity contribution in [3.8, 4) is 5.75 Å². The molecule has 1 N–H and O–H groups in total. The minimum atomic E-state index is 0.0118. The number of hydrogen-bond acceptors (Lipinski definition) is 4. The van der Waals surface area contributed by atoms with Crippen molar-refractivity contribution in [2.24, 2.45) is 0 Å². The number of thioether (sulfide) groups is 1. The summed E-state index contributed by atoms with van der Waals surface area (Å²) in [5.74, 6) is 2.93. The highest BCUT2D eigenvalue weighted by Gasteiger charge is 2.28. The Kier molecular flexibility index (Phi) is 6.87. The molecule has 25 heavy (non-hydrogen) atoms. The molecule has 1 unspecified atom stereocenters. The number of ether oxygens (including phenoxy) is 1. The maximum absolute atomic E-state index is 12.9. The number of nitrogens with one attached hydrogen (secondary N) is 1. The first kappa shape index (κ1) is 18.4. The Hall–Kier alpha value is -1.40. The molecule has 138 valence electrons. The smallest absolute Gasteiger partial charge is 0.322 e. The third kappa shape index (κ3) is 5.28. The summed E-state index contributed by atoms with van der Waals surface area (Å²) in [6.07, 6.45) is 4.98. The molecule has 0 saturated carbocycles. The van der Waals surface area contributed by atoms with E-state index in [0.717, 1.165) is 42.5 Å². The average molecular weight is 364 g/mol.